The normalized spacial score (nSPS) is 13.6. The number of hydrogen-bond acceptors (Lipinski definition) is 4. The van der Waals surface area contributed by atoms with E-state index >= 15 is 0 Å². The third-order valence-electron chi connectivity index (χ3n) is 4.58. The van der Waals surface area contributed by atoms with Gasteiger partial charge in [-0.1, -0.05) is 48.5 Å². The van der Waals surface area contributed by atoms with Crippen LogP contribution in [-0.2, 0) is 14.3 Å². The van der Waals surface area contributed by atoms with Crippen molar-refractivity contribution in [3.05, 3.63) is 59.7 Å². The standard InChI is InChI=1S/C20H21NO5/c1-25-18(19(22)23)10-11-21-20(24)26-12-17-15-8-4-2-6-13(15)14-7-3-5-9-16(14)17/h2-9,17-18H,10-12H2,1H3,(H,21,24)(H,22,23). The summed E-state index contributed by atoms with van der Waals surface area (Å²) in [5.41, 5.74) is 4.63. The number of nitrogens with one attached hydrogen (secondary N) is 1. The summed E-state index contributed by atoms with van der Waals surface area (Å²) in [6, 6.07) is 16.2. The third kappa shape index (κ3) is 3.70. The van der Waals surface area contributed by atoms with Crippen LogP contribution in [0.5, 0.6) is 0 Å². The lowest BCUT2D eigenvalue weighted by atomic mass is 9.98. The molecule has 0 radical (unpaired) electrons. The van der Waals surface area contributed by atoms with E-state index in [0.717, 1.165) is 11.1 Å². The molecule has 136 valence electrons. The van der Waals surface area contributed by atoms with Crippen LogP contribution in [0.4, 0.5) is 4.79 Å². The lowest BCUT2D eigenvalue weighted by molar-refractivity contribution is -0.148. The zero-order chi connectivity index (χ0) is 18.5. The number of alkyl carbamates (subject to hydrolysis) is 1. The fraction of sp³-hybridized carbons (Fsp3) is 0.300. The van der Waals surface area contributed by atoms with Gasteiger partial charge >= 0.3 is 12.1 Å². The van der Waals surface area contributed by atoms with E-state index in [2.05, 4.69) is 29.6 Å². The van der Waals surface area contributed by atoms with Crippen molar-refractivity contribution in [2.75, 3.05) is 20.3 Å². The van der Waals surface area contributed by atoms with Gasteiger partial charge in [0.25, 0.3) is 0 Å². The summed E-state index contributed by atoms with van der Waals surface area (Å²) in [5.74, 6) is -1.05. The van der Waals surface area contributed by atoms with Crippen molar-refractivity contribution in [1.29, 1.82) is 0 Å². The van der Waals surface area contributed by atoms with Gasteiger partial charge < -0.3 is 19.9 Å². The van der Waals surface area contributed by atoms with Crippen LogP contribution in [-0.4, -0.2) is 43.5 Å². The van der Waals surface area contributed by atoms with E-state index in [1.165, 1.54) is 18.2 Å². The largest absolute Gasteiger partial charge is 0.479 e. The number of amides is 1. The number of ether oxygens (including phenoxy) is 2. The smallest absolute Gasteiger partial charge is 0.407 e. The van der Waals surface area contributed by atoms with Crippen LogP contribution >= 0.6 is 0 Å². The van der Waals surface area contributed by atoms with Gasteiger partial charge in [-0.15, -0.1) is 0 Å². The van der Waals surface area contributed by atoms with Gasteiger partial charge in [-0.25, -0.2) is 9.59 Å². The molecule has 2 N–H and O–H groups in total. The summed E-state index contributed by atoms with van der Waals surface area (Å²) in [5, 5.41) is 11.5. The third-order valence-corrected chi connectivity index (χ3v) is 4.58. The van der Waals surface area contributed by atoms with E-state index in [-0.39, 0.29) is 25.5 Å². The Hall–Kier alpha value is -2.86. The molecular formula is C20H21NO5. The van der Waals surface area contributed by atoms with Gasteiger partial charge in [-0.05, 0) is 22.3 Å². The van der Waals surface area contributed by atoms with Crippen molar-refractivity contribution in [2.24, 2.45) is 0 Å². The van der Waals surface area contributed by atoms with Crippen LogP contribution in [0.3, 0.4) is 0 Å². The highest BCUT2D eigenvalue weighted by Gasteiger charge is 2.29. The maximum absolute atomic E-state index is 11.9. The topological polar surface area (TPSA) is 84.9 Å². The molecule has 0 spiro atoms. The molecule has 2 aromatic carbocycles. The SMILES string of the molecule is COC(CCNC(=O)OCC1c2ccccc2-c2ccccc21)C(=O)O. The van der Waals surface area contributed by atoms with Crippen molar-refractivity contribution in [1.82, 2.24) is 5.32 Å². The summed E-state index contributed by atoms with van der Waals surface area (Å²) in [7, 11) is 1.33. The number of aliphatic carboxylic acids is 1. The lowest BCUT2D eigenvalue weighted by Gasteiger charge is -2.15. The molecule has 26 heavy (non-hydrogen) atoms. The predicted octanol–water partition coefficient (Wildman–Crippen LogP) is 3.01. The molecule has 1 aliphatic carbocycles. The number of rotatable bonds is 7. The first-order chi connectivity index (χ1) is 12.6. The first-order valence-corrected chi connectivity index (χ1v) is 8.46. The molecule has 6 nitrogen and oxygen atoms in total. The van der Waals surface area contributed by atoms with Crippen molar-refractivity contribution in [2.45, 2.75) is 18.4 Å². The number of carbonyl (C=O) groups is 2. The summed E-state index contributed by atoms with van der Waals surface area (Å²) in [4.78, 5) is 22.8. The molecule has 2 aromatic rings. The monoisotopic (exact) mass is 355 g/mol. The molecule has 3 rings (SSSR count). The second-order valence-electron chi connectivity index (χ2n) is 6.10. The Kier molecular flexibility index (Phi) is 5.53. The zero-order valence-electron chi connectivity index (χ0n) is 14.5. The molecule has 0 aliphatic heterocycles. The lowest BCUT2D eigenvalue weighted by Crippen LogP contribution is -2.32. The van der Waals surface area contributed by atoms with E-state index in [1.54, 1.807) is 0 Å². The predicted molar refractivity (Wildman–Crippen MR) is 96.1 cm³/mol. The second kappa shape index (κ2) is 8.01. The Bertz CT molecular complexity index is 759. The molecule has 1 aliphatic rings. The average molecular weight is 355 g/mol. The molecule has 1 atom stereocenters. The maximum atomic E-state index is 11.9. The number of carboxylic acid groups (broad SMARTS) is 1. The first-order valence-electron chi connectivity index (χ1n) is 8.46. The van der Waals surface area contributed by atoms with Crippen molar-refractivity contribution < 1.29 is 24.2 Å². The number of hydrogen-bond donors (Lipinski definition) is 2. The van der Waals surface area contributed by atoms with Crippen LogP contribution in [0.15, 0.2) is 48.5 Å². The van der Waals surface area contributed by atoms with Crippen LogP contribution in [0.2, 0.25) is 0 Å². The van der Waals surface area contributed by atoms with E-state index in [9.17, 15) is 9.59 Å². The highest BCUT2D eigenvalue weighted by atomic mass is 16.5. The first kappa shape index (κ1) is 17.9. The fourth-order valence-electron chi connectivity index (χ4n) is 3.30. The minimum absolute atomic E-state index is 0.00102. The van der Waals surface area contributed by atoms with Gasteiger partial charge in [-0.2, -0.15) is 0 Å². The van der Waals surface area contributed by atoms with Gasteiger partial charge in [0.2, 0.25) is 0 Å². The number of carboxylic acids is 1. The number of fused-ring (bicyclic) bond motifs is 3. The molecule has 0 saturated heterocycles. The Balaban J connectivity index is 1.58. The minimum atomic E-state index is -1.05. The fourth-order valence-corrected chi connectivity index (χ4v) is 3.30. The van der Waals surface area contributed by atoms with Gasteiger partial charge in [0, 0.05) is 26.0 Å². The summed E-state index contributed by atoms with van der Waals surface area (Å²) in [6.07, 6.45) is -1.33. The van der Waals surface area contributed by atoms with Gasteiger partial charge in [0.15, 0.2) is 6.10 Å². The number of benzene rings is 2. The van der Waals surface area contributed by atoms with Crippen LogP contribution in [0.25, 0.3) is 11.1 Å². The Morgan fingerprint density at radius 2 is 1.65 bits per heavy atom. The van der Waals surface area contributed by atoms with E-state index in [1.807, 2.05) is 24.3 Å². The summed E-state index contributed by atoms with van der Waals surface area (Å²) < 4.78 is 10.2. The van der Waals surface area contributed by atoms with E-state index < -0.39 is 18.2 Å². The molecule has 0 heterocycles. The molecule has 1 amide bonds. The number of methoxy groups -OCH3 is 1. The maximum Gasteiger partial charge on any atom is 0.407 e. The Morgan fingerprint density at radius 1 is 1.08 bits per heavy atom. The second-order valence-corrected chi connectivity index (χ2v) is 6.10. The van der Waals surface area contributed by atoms with Gasteiger partial charge in [0.05, 0.1) is 0 Å². The quantitative estimate of drug-likeness (QED) is 0.797. The zero-order valence-corrected chi connectivity index (χ0v) is 14.5. The van der Waals surface area contributed by atoms with E-state index in [4.69, 9.17) is 14.6 Å². The molecule has 6 heteroatoms. The molecule has 1 unspecified atom stereocenters. The van der Waals surface area contributed by atoms with Crippen LogP contribution in [0, 0.1) is 0 Å². The van der Waals surface area contributed by atoms with Crippen molar-refractivity contribution in [3.63, 3.8) is 0 Å². The highest BCUT2D eigenvalue weighted by molar-refractivity contribution is 5.79. The molecule has 0 saturated carbocycles. The summed E-state index contributed by atoms with van der Waals surface area (Å²) in [6.45, 7) is 0.397. The molecule has 0 bridgehead atoms. The summed E-state index contributed by atoms with van der Waals surface area (Å²) >= 11 is 0. The molecular weight excluding hydrogens is 334 g/mol. The van der Waals surface area contributed by atoms with E-state index in [0.29, 0.717) is 0 Å². The average Bonchev–Trinajstić information content (AvgIpc) is 2.97. The van der Waals surface area contributed by atoms with Crippen LogP contribution < -0.4 is 5.32 Å². The Morgan fingerprint density at radius 3 is 2.19 bits per heavy atom. The van der Waals surface area contributed by atoms with Gasteiger partial charge in [0.1, 0.15) is 6.61 Å². The van der Waals surface area contributed by atoms with Crippen molar-refractivity contribution in [3.8, 4) is 11.1 Å². The minimum Gasteiger partial charge on any atom is -0.479 e. The Labute approximate surface area is 151 Å². The van der Waals surface area contributed by atoms with Crippen LogP contribution in [0.1, 0.15) is 23.5 Å². The highest BCUT2D eigenvalue weighted by Crippen LogP contribution is 2.44. The van der Waals surface area contributed by atoms with Crippen molar-refractivity contribution >= 4 is 12.1 Å². The number of carbonyl (C=O) groups excluding carboxylic acids is 1. The molecule has 0 fully saturated rings. The van der Waals surface area contributed by atoms with Gasteiger partial charge in [-0.3, -0.25) is 0 Å². The molecule has 0 aromatic heterocycles.